The van der Waals surface area contributed by atoms with Gasteiger partial charge in [0.1, 0.15) is 12.2 Å². The first-order valence-corrected chi connectivity index (χ1v) is 29.4. The molecule has 0 amide bonds. The molecule has 2 fully saturated rings. The van der Waals surface area contributed by atoms with E-state index < -0.39 is 11.2 Å². The third-order valence-electron chi connectivity index (χ3n) is 14.3. The van der Waals surface area contributed by atoms with E-state index in [0.29, 0.717) is 12.8 Å². The van der Waals surface area contributed by atoms with Crippen molar-refractivity contribution < 1.29 is 39.0 Å². The van der Waals surface area contributed by atoms with Crippen molar-refractivity contribution in [3.8, 4) is 0 Å². The summed E-state index contributed by atoms with van der Waals surface area (Å²) < 4.78 is 11.8. The summed E-state index contributed by atoms with van der Waals surface area (Å²) in [5.74, 6) is -0.127. The van der Waals surface area contributed by atoms with E-state index in [4.69, 9.17) is 19.1 Å². The Morgan fingerprint density at radius 3 is 0.800 bits per heavy atom. The molecule has 10 nitrogen and oxygen atoms in total. The molecule has 0 radical (unpaired) electrons. The zero-order chi connectivity index (χ0) is 52.7. The molecule has 0 saturated carbocycles. The van der Waals surface area contributed by atoms with Crippen LogP contribution in [0.25, 0.3) is 0 Å². The van der Waals surface area contributed by atoms with Crippen LogP contribution in [0.1, 0.15) is 315 Å². The number of hydroxylamine groups is 4. The highest BCUT2D eigenvalue weighted by atomic mass is 16.7. The molecule has 2 heterocycles. The lowest BCUT2D eigenvalue weighted by molar-refractivity contribution is -0.307. The minimum atomic E-state index is -0.886. The molecule has 0 atom stereocenters. The van der Waals surface area contributed by atoms with Gasteiger partial charge in [-0.3, -0.25) is 19.3 Å². The van der Waals surface area contributed by atoms with E-state index in [-0.39, 0.29) is 59.5 Å². The Balaban J connectivity index is 0.000000701. The smallest absolute Gasteiger partial charge is 0.306 e. The number of esters is 2. The van der Waals surface area contributed by atoms with E-state index in [1.54, 1.807) is 27.7 Å². The van der Waals surface area contributed by atoms with Gasteiger partial charge in [0.2, 0.25) is 0 Å². The number of ether oxygens (including phenoxy) is 2. The van der Waals surface area contributed by atoms with Crippen molar-refractivity contribution in [3.63, 3.8) is 0 Å². The summed E-state index contributed by atoms with van der Waals surface area (Å²) in [6, 6.07) is 0. The Bertz CT molecular complexity index is 1300. The summed E-state index contributed by atoms with van der Waals surface area (Å²) in [6.07, 6.45) is 40.6. The second-order valence-electron chi connectivity index (χ2n) is 25.7. The number of carbonyl (C=O) groups is 2. The minimum absolute atomic E-state index is 0.0628. The normalized spacial score (nSPS) is 18.6. The molecule has 0 aliphatic carbocycles. The van der Waals surface area contributed by atoms with Crippen molar-refractivity contribution >= 4 is 11.9 Å². The fourth-order valence-corrected chi connectivity index (χ4v) is 11.1. The van der Waals surface area contributed by atoms with Gasteiger partial charge in [0, 0.05) is 60.7 Å². The number of hydrogen-bond acceptors (Lipinski definition) is 10. The molecule has 2 aliphatic rings. The summed E-state index contributed by atoms with van der Waals surface area (Å²) in [6.45, 7) is 29.0. The first-order chi connectivity index (χ1) is 32.7. The summed E-state index contributed by atoms with van der Waals surface area (Å²) in [5, 5.41) is 24.1. The summed E-state index contributed by atoms with van der Waals surface area (Å²) in [5.41, 5.74) is -2.91. The van der Waals surface area contributed by atoms with Gasteiger partial charge < -0.3 is 19.7 Å². The van der Waals surface area contributed by atoms with Gasteiger partial charge in [0.25, 0.3) is 0 Å². The fourth-order valence-electron chi connectivity index (χ4n) is 11.1. The van der Waals surface area contributed by atoms with Crippen LogP contribution in [-0.4, -0.2) is 91.1 Å². The van der Waals surface area contributed by atoms with Gasteiger partial charge in [0.05, 0.1) is 24.4 Å². The molecule has 10 heteroatoms. The maximum atomic E-state index is 12.5. The summed E-state index contributed by atoms with van der Waals surface area (Å²) >= 11 is 0. The lowest BCUT2D eigenvalue weighted by Gasteiger charge is -2.53. The Hall–Kier alpha value is -1.30. The molecule has 2 N–H and O–H groups in total. The van der Waals surface area contributed by atoms with Gasteiger partial charge in [-0.1, -0.05) is 181 Å². The molecule has 0 spiro atoms. The van der Waals surface area contributed by atoms with Crippen LogP contribution in [0.15, 0.2) is 0 Å². The number of nitrogens with zero attached hydrogens (tertiary/aromatic N) is 2. The minimum Gasteiger partial charge on any atom is -0.462 e. The molecule has 0 bridgehead atoms. The second kappa shape index (κ2) is 35.0. The van der Waals surface area contributed by atoms with E-state index >= 15 is 0 Å². The third-order valence-corrected chi connectivity index (χ3v) is 14.3. The standard InChI is InChI=1S/C31H61NO4.C29H57NO4/c1-8-9-10-11-12-13-14-15-16-17-18-19-20-21-22-23-28(33)36-27-24-29(2,3)32(30(4,5)25-27)35-26-31(6,7)34;1-8-9-10-11-12-13-14-15-16-17-18-19-20-21-26(31)34-25-22-27(2,3)30(28(4,5)23-25)33-24-29(6,7)32/h27,34H,8-26H2,1-7H3;25,32H,8-24H2,1-7H3. The molecule has 2 rings (SSSR count). The highest BCUT2D eigenvalue weighted by molar-refractivity contribution is 5.69. The fraction of sp³-hybridized carbons (Fsp3) is 0.967. The van der Waals surface area contributed by atoms with E-state index in [9.17, 15) is 19.8 Å². The topological polar surface area (TPSA) is 118 Å². The van der Waals surface area contributed by atoms with Gasteiger partial charge in [-0.05, 0) is 95.9 Å². The average molecular weight is 996 g/mol. The Morgan fingerprint density at radius 2 is 0.600 bits per heavy atom. The Morgan fingerprint density at radius 1 is 0.400 bits per heavy atom. The predicted molar refractivity (Wildman–Crippen MR) is 293 cm³/mol. The lowest BCUT2D eigenvalue weighted by Crippen LogP contribution is -2.62. The van der Waals surface area contributed by atoms with Crippen molar-refractivity contribution in [2.24, 2.45) is 0 Å². The van der Waals surface area contributed by atoms with Crippen LogP contribution in [0.4, 0.5) is 0 Å². The SMILES string of the molecule is CCCCCCCCCCCCCCCC(=O)OC1CC(C)(C)N(OCC(C)(C)O)C(C)(C)C1.CCCCCCCCCCCCCCCCCC(=O)OC1CC(C)(C)N(OCC(C)(C)O)C(C)(C)C1. The molecule has 416 valence electrons. The molecule has 0 unspecified atom stereocenters. The monoisotopic (exact) mass is 995 g/mol. The first kappa shape index (κ1) is 66.7. The van der Waals surface area contributed by atoms with Gasteiger partial charge in [-0.25, -0.2) is 0 Å². The van der Waals surface area contributed by atoms with Crippen molar-refractivity contribution in [1.82, 2.24) is 10.1 Å². The van der Waals surface area contributed by atoms with Crippen molar-refractivity contribution in [3.05, 3.63) is 0 Å². The lowest BCUT2D eigenvalue weighted by atomic mass is 9.80. The highest BCUT2D eigenvalue weighted by Crippen LogP contribution is 2.42. The van der Waals surface area contributed by atoms with Crippen LogP contribution < -0.4 is 0 Å². The van der Waals surface area contributed by atoms with Gasteiger partial charge in [-0.2, -0.15) is 10.1 Å². The summed E-state index contributed by atoms with van der Waals surface area (Å²) in [4.78, 5) is 37.0. The van der Waals surface area contributed by atoms with Crippen LogP contribution in [0, 0.1) is 0 Å². The predicted octanol–water partition coefficient (Wildman–Crippen LogP) is 16.3. The van der Waals surface area contributed by atoms with Crippen LogP contribution in [0.3, 0.4) is 0 Å². The van der Waals surface area contributed by atoms with E-state index in [2.05, 4.69) is 69.2 Å². The number of unbranched alkanes of at least 4 members (excludes halogenated alkanes) is 26. The van der Waals surface area contributed by atoms with E-state index in [1.165, 1.54) is 154 Å². The van der Waals surface area contributed by atoms with Crippen LogP contribution in [0.5, 0.6) is 0 Å². The molecule has 0 aromatic rings. The maximum Gasteiger partial charge on any atom is 0.306 e. The summed E-state index contributed by atoms with van der Waals surface area (Å²) in [7, 11) is 0. The maximum absolute atomic E-state index is 12.5. The molecule has 0 aromatic carbocycles. The van der Waals surface area contributed by atoms with Crippen molar-refractivity contribution in [2.75, 3.05) is 13.2 Å². The number of carbonyl (C=O) groups excluding carboxylic acids is 2. The Kier molecular flexibility index (Phi) is 33.4. The van der Waals surface area contributed by atoms with Crippen LogP contribution in [-0.2, 0) is 28.7 Å². The van der Waals surface area contributed by atoms with Crippen molar-refractivity contribution in [1.29, 1.82) is 0 Å². The van der Waals surface area contributed by atoms with E-state index in [1.807, 2.05) is 10.1 Å². The zero-order valence-corrected chi connectivity index (χ0v) is 48.8. The third kappa shape index (κ3) is 32.1. The number of aliphatic hydroxyl groups is 2. The number of piperidine rings is 2. The zero-order valence-electron chi connectivity index (χ0n) is 48.8. The van der Waals surface area contributed by atoms with Crippen LogP contribution >= 0.6 is 0 Å². The first-order valence-electron chi connectivity index (χ1n) is 29.4. The van der Waals surface area contributed by atoms with Crippen molar-refractivity contribution in [2.45, 2.75) is 361 Å². The average Bonchev–Trinajstić information content (AvgIpc) is 3.21. The molecule has 70 heavy (non-hydrogen) atoms. The largest absolute Gasteiger partial charge is 0.462 e. The molecule has 2 saturated heterocycles. The molecular weight excluding hydrogens is 877 g/mol. The van der Waals surface area contributed by atoms with E-state index in [0.717, 1.165) is 51.4 Å². The number of rotatable bonds is 38. The second-order valence-corrected chi connectivity index (χ2v) is 25.7. The quantitative estimate of drug-likeness (QED) is 0.0457. The Labute approximate surface area is 433 Å². The number of hydrogen-bond donors (Lipinski definition) is 2. The highest BCUT2D eigenvalue weighted by Gasteiger charge is 2.49. The van der Waals surface area contributed by atoms with Gasteiger partial charge in [0.15, 0.2) is 0 Å². The van der Waals surface area contributed by atoms with Gasteiger partial charge >= 0.3 is 11.9 Å². The molecule has 0 aromatic heterocycles. The van der Waals surface area contributed by atoms with Gasteiger partial charge in [-0.15, -0.1) is 0 Å². The molecular formula is C60H118N2O8. The molecule has 2 aliphatic heterocycles. The van der Waals surface area contributed by atoms with Crippen LogP contribution in [0.2, 0.25) is 0 Å².